The Labute approximate surface area is 192 Å². The van der Waals surface area contributed by atoms with E-state index >= 15 is 0 Å². The summed E-state index contributed by atoms with van der Waals surface area (Å²) in [5, 5.41) is 14.3. The van der Waals surface area contributed by atoms with Gasteiger partial charge in [-0.05, 0) is 35.6 Å². The molecule has 0 aliphatic rings. The first kappa shape index (κ1) is 23.5. The van der Waals surface area contributed by atoms with Gasteiger partial charge in [-0.3, -0.25) is 19.7 Å². The minimum atomic E-state index is -0.494. The van der Waals surface area contributed by atoms with E-state index in [1.165, 1.54) is 11.8 Å². The zero-order valence-electron chi connectivity index (χ0n) is 18.7. The fraction of sp³-hybridized carbons (Fsp3) is 0.348. The van der Waals surface area contributed by atoms with Crippen LogP contribution < -0.4 is 10.6 Å². The number of nitrogens with zero attached hydrogens (tertiary/aromatic N) is 4. The lowest BCUT2D eigenvalue weighted by Crippen LogP contribution is -2.41. The number of hydrogen-bond acceptors (Lipinski definition) is 6. The van der Waals surface area contributed by atoms with Gasteiger partial charge in [-0.1, -0.05) is 57.7 Å². The first-order valence-electron chi connectivity index (χ1n) is 10.5. The molecule has 0 saturated carbocycles. The summed E-state index contributed by atoms with van der Waals surface area (Å²) in [5.41, 5.74) is 2.91. The lowest BCUT2D eigenvalue weighted by Gasteiger charge is -2.16. The van der Waals surface area contributed by atoms with Crippen LogP contribution in [0.3, 0.4) is 0 Å². The van der Waals surface area contributed by atoms with Gasteiger partial charge >= 0.3 is 6.03 Å². The van der Waals surface area contributed by atoms with Crippen molar-refractivity contribution in [1.82, 2.24) is 30.4 Å². The molecule has 168 valence electrons. The number of hydrogen-bond donors (Lipinski definition) is 2. The smallest absolute Gasteiger partial charge is 0.321 e. The number of para-hydroxylation sites is 1. The van der Waals surface area contributed by atoms with E-state index in [2.05, 4.69) is 45.7 Å². The van der Waals surface area contributed by atoms with Crippen molar-refractivity contribution in [2.75, 3.05) is 12.3 Å². The van der Waals surface area contributed by atoms with Gasteiger partial charge in [0.1, 0.15) is 0 Å². The predicted octanol–water partition coefficient (Wildman–Crippen LogP) is 4.03. The molecule has 3 amide bonds. The molecule has 2 N–H and O–H groups in total. The summed E-state index contributed by atoms with van der Waals surface area (Å²) < 4.78 is 1.95. The monoisotopic (exact) mass is 452 g/mol. The third kappa shape index (κ3) is 5.94. The molecule has 32 heavy (non-hydrogen) atoms. The number of imide groups is 1. The zero-order valence-corrected chi connectivity index (χ0v) is 19.5. The first-order valence-corrected chi connectivity index (χ1v) is 11.5. The molecule has 3 rings (SSSR count). The van der Waals surface area contributed by atoms with Gasteiger partial charge in [-0.25, -0.2) is 4.79 Å². The average Bonchev–Trinajstić information content (AvgIpc) is 3.20. The second-order valence-corrected chi connectivity index (χ2v) is 8.98. The highest BCUT2D eigenvalue weighted by molar-refractivity contribution is 7.99. The normalized spacial score (nSPS) is 11.1. The van der Waals surface area contributed by atoms with Crippen molar-refractivity contribution in [3.05, 3.63) is 54.4 Å². The molecule has 0 spiro atoms. The van der Waals surface area contributed by atoms with E-state index in [1.54, 1.807) is 12.4 Å². The Morgan fingerprint density at radius 3 is 2.53 bits per heavy atom. The molecule has 0 unspecified atom stereocenters. The Morgan fingerprint density at radius 2 is 1.84 bits per heavy atom. The lowest BCUT2D eigenvalue weighted by atomic mass is 10.0. The number of amides is 3. The fourth-order valence-electron chi connectivity index (χ4n) is 3.08. The molecular formula is C23H28N6O2S. The standard InChI is InChI=1S/C23H28N6O2S/c1-15(2)12-25-22(31)26-20(30)14-32-23-28-27-21(17-8-7-11-24-13-17)29(23)19-10-6-5-9-18(19)16(3)4/h5-11,13,15-16H,12,14H2,1-4H3,(H2,25,26,30,31). The van der Waals surface area contributed by atoms with Gasteiger partial charge in [0, 0.05) is 24.5 Å². The van der Waals surface area contributed by atoms with E-state index in [4.69, 9.17) is 0 Å². The fourth-order valence-corrected chi connectivity index (χ4v) is 3.82. The van der Waals surface area contributed by atoms with Gasteiger partial charge in [0.2, 0.25) is 5.91 Å². The number of carbonyl (C=O) groups excluding carboxylic acids is 2. The Bertz CT molecular complexity index is 1070. The molecule has 9 heteroatoms. The van der Waals surface area contributed by atoms with Crippen molar-refractivity contribution in [3.63, 3.8) is 0 Å². The average molecular weight is 453 g/mol. The van der Waals surface area contributed by atoms with Crippen LogP contribution in [-0.2, 0) is 4.79 Å². The minimum Gasteiger partial charge on any atom is -0.338 e. The van der Waals surface area contributed by atoms with Crippen LogP contribution >= 0.6 is 11.8 Å². The van der Waals surface area contributed by atoms with Crippen LogP contribution in [0.5, 0.6) is 0 Å². The number of nitrogens with one attached hydrogen (secondary N) is 2. The second kappa shape index (κ2) is 10.9. The van der Waals surface area contributed by atoms with Crippen LogP contribution in [0.4, 0.5) is 4.79 Å². The topological polar surface area (TPSA) is 102 Å². The largest absolute Gasteiger partial charge is 0.338 e. The second-order valence-electron chi connectivity index (χ2n) is 8.04. The van der Waals surface area contributed by atoms with Gasteiger partial charge in [0.05, 0.1) is 11.4 Å². The number of pyridine rings is 1. The Hall–Kier alpha value is -3.20. The Balaban J connectivity index is 1.87. The molecule has 0 aliphatic heterocycles. The van der Waals surface area contributed by atoms with E-state index in [0.29, 0.717) is 23.4 Å². The highest BCUT2D eigenvalue weighted by atomic mass is 32.2. The molecule has 8 nitrogen and oxygen atoms in total. The number of carbonyl (C=O) groups is 2. The number of rotatable bonds is 8. The van der Waals surface area contributed by atoms with Gasteiger partial charge in [0.15, 0.2) is 11.0 Å². The summed E-state index contributed by atoms with van der Waals surface area (Å²) >= 11 is 1.23. The van der Waals surface area contributed by atoms with Crippen molar-refractivity contribution in [1.29, 1.82) is 0 Å². The summed E-state index contributed by atoms with van der Waals surface area (Å²) in [6.45, 7) is 8.73. The SMILES string of the molecule is CC(C)CNC(=O)NC(=O)CSc1nnc(-c2cccnc2)n1-c1ccccc1C(C)C. The van der Waals surface area contributed by atoms with Crippen LogP contribution in [0.1, 0.15) is 39.2 Å². The van der Waals surface area contributed by atoms with Crippen LogP contribution in [-0.4, -0.2) is 44.0 Å². The first-order chi connectivity index (χ1) is 15.4. The van der Waals surface area contributed by atoms with Crippen LogP contribution in [0.25, 0.3) is 17.1 Å². The third-order valence-corrected chi connectivity index (χ3v) is 5.54. The third-order valence-electron chi connectivity index (χ3n) is 4.61. The predicted molar refractivity (Wildman–Crippen MR) is 126 cm³/mol. The molecular weight excluding hydrogens is 424 g/mol. The van der Waals surface area contributed by atoms with Crippen molar-refractivity contribution < 1.29 is 9.59 Å². The van der Waals surface area contributed by atoms with Crippen molar-refractivity contribution in [2.24, 2.45) is 5.92 Å². The van der Waals surface area contributed by atoms with E-state index < -0.39 is 11.9 Å². The zero-order chi connectivity index (χ0) is 23.1. The summed E-state index contributed by atoms with van der Waals surface area (Å²) in [5.74, 6) is 0.857. The number of benzene rings is 1. The van der Waals surface area contributed by atoms with E-state index in [0.717, 1.165) is 16.8 Å². The van der Waals surface area contributed by atoms with E-state index in [9.17, 15) is 9.59 Å². The summed E-state index contributed by atoms with van der Waals surface area (Å²) in [4.78, 5) is 28.4. The highest BCUT2D eigenvalue weighted by Crippen LogP contribution is 2.31. The van der Waals surface area contributed by atoms with Crippen LogP contribution in [0.2, 0.25) is 0 Å². The molecule has 0 fully saturated rings. The molecule has 0 saturated heterocycles. The van der Waals surface area contributed by atoms with E-state index in [1.807, 2.05) is 48.7 Å². The minimum absolute atomic E-state index is 0.0319. The maximum atomic E-state index is 12.3. The molecule has 2 heterocycles. The summed E-state index contributed by atoms with van der Waals surface area (Å²) in [6.07, 6.45) is 3.44. The summed E-state index contributed by atoms with van der Waals surface area (Å²) in [6, 6.07) is 11.3. The maximum absolute atomic E-state index is 12.3. The number of urea groups is 1. The van der Waals surface area contributed by atoms with Gasteiger partial charge < -0.3 is 5.32 Å². The number of thioether (sulfide) groups is 1. The maximum Gasteiger partial charge on any atom is 0.321 e. The van der Waals surface area contributed by atoms with Gasteiger partial charge in [0.25, 0.3) is 0 Å². The van der Waals surface area contributed by atoms with Crippen molar-refractivity contribution >= 4 is 23.7 Å². The van der Waals surface area contributed by atoms with Crippen molar-refractivity contribution in [2.45, 2.75) is 38.8 Å². The van der Waals surface area contributed by atoms with Crippen LogP contribution in [0, 0.1) is 5.92 Å². The van der Waals surface area contributed by atoms with Gasteiger partial charge in [-0.2, -0.15) is 0 Å². The molecule has 0 bridgehead atoms. The molecule has 3 aromatic rings. The van der Waals surface area contributed by atoms with E-state index in [-0.39, 0.29) is 11.7 Å². The number of aromatic nitrogens is 4. The quantitative estimate of drug-likeness (QED) is 0.501. The van der Waals surface area contributed by atoms with Crippen LogP contribution in [0.15, 0.2) is 53.9 Å². The molecule has 1 aromatic carbocycles. The summed E-state index contributed by atoms with van der Waals surface area (Å²) in [7, 11) is 0. The highest BCUT2D eigenvalue weighted by Gasteiger charge is 2.20. The Kier molecular flexibility index (Phi) is 7.99. The molecule has 0 radical (unpaired) electrons. The molecule has 2 aromatic heterocycles. The Morgan fingerprint density at radius 1 is 1.06 bits per heavy atom. The molecule has 0 atom stereocenters. The molecule has 0 aliphatic carbocycles. The van der Waals surface area contributed by atoms with Crippen molar-refractivity contribution in [3.8, 4) is 17.1 Å². The van der Waals surface area contributed by atoms with Gasteiger partial charge in [-0.15, -0.1) is 10.2 Å². The lowest BCUT2D eigenvalue weighted by molar-refractivity contribution is -0.117.